The molecule has 0 aliphatic carbocycles. The van der Waals surface area contributed by atoms with E-state index in [1.807, 2.05) is 0 Å². The van der Waals surface area contributed by atoms with E-state index in [-0.39, 0.29) is 0 Å². The van der Waals surface area contributed by atoms with Crippen LogP contribution in [0.5, 0.6) is 0 Å². The van der Waals surface area contributed by atoms with E-state index in [0.29, 0.717) is 12.6 Å². The molecule has 5 heteroatoms. The number of rotatable bonds is 6. The van der Waals surface area contributed by atoms with Crippen LogP contribution in [0.25, 0.3) is 0 Å². The summed E-state index contributed by atoms with van der Waals surface area (Å²) in [6, 6.07) is 7.12. The topological polar surface area (TPSA) is 45.4 Å². The third kappa shape index (κ3) is 3.57. The van der Waals surface area contributed by atoms with Crippen molar-refractivity contribution < 1.29 is 0 Å². The molecule has 23 heavy (non-hydrogen) atoms. The van der Waals surface area contributed by atoms with Gasteiger partial charge in [0, 0.05) is 56.4 Å². The number of nitrogens with zero attached hydrogens (tertiary/aromatic N) is 3. The van der Waals surface area contributed by atoms with Crippen molar-refractivity contribution in [2.24, 2.45) is 5.73 Å². The zero-order valence-electron chi connectivity index (χ0n) is 14.2. The molecular weight excluding hydrogens is 304 g/mol. The number of hydrogen-bond donors (Lipinski definition) is 1. The zero-order valence-corrected chi connectivity index (χ0v) is 15.1. The minimum absolute atomic E-state index is 0.350. The molecule has 1 aromatic heterocycles. The number of aromatic nitrogens is 1. The minimum Gasteiger partial charge on any atom is -0.378 e. The van der Waals surface area contributed by atoms with Crippen molar-refractivity contribution in [3.8, 4) is 0 Å². The second-order valence-corrected chi connectivity index (χ2v) is 7.43. The van der Waals surface area contributed by atoms with Gasteiger partial charge in [0.05, 0.1) is 5.01 Å². The minimum atomic E-state index is 0.350. The highest BCUT2D eigenvalue weighted by molar-refractivity contribution is 7.09. The molecule has 4 nitrogen and oxygen atoms in total. The van der Waals surface area contributed by atoms with Crippen LogP contribution < -0.4 is 10.6 Å². The monoisotopic (exact) mass is 330 g/mol. The highest BCUT2D eigenvalue weighted by atomic mass is 32.1. The fourth-order valence-corrected chi connectivity index (χ4v) is 4.12. The van der Waals surface area contributed by atoms with Crippen molar-refractivity contribution in [2.75, 3.05) is 32.1 Å². The predicted molar refractivity (Wildman–Crippen MR) is 98.1 cm³/mol. The van der Waals surface area contributed by atoms with Crippen molar-refractivity contribution in [3.63, 3.8) is 0 Å². The van der Waals surface area contributed by atoms with Gasteiger partial charge in [-0.2, -0.15) is 0 Å². The molecule has 0 amide bonds. The second-order valence-electron chi connectivity index (χ2n) is 6.49. The van der Waals surface area contributed by atoms with Gasteiger partial charge in [0.2, 0.25) is 0 Å². The molecule has 1 unspecified atom stereocenters. The van der Waals surface area contributed by atoms with Crippen LogP contribution in [0.1, 0.15) is 34.3 Å². The molecular formula is C18H26N4S. The van der Waals surface area contributed by atoms with Crippen LogP contribution in [0.4, 0.5) is 5.69 Å². The molecule has 0 saturated carbocycles. The van der Waals surface area contributed by atoms with Crippen LogP contribution in [0.3, 0.4) is 0 Å². The van der Waals surface area contributed by atoms with Crippen LogP contribution in [-0.4, -0.2) is 37.1 Å². The van der Waals surface area contributed by atoms with E-state index in [1.165, 1.54) is 21.8 Å². The maximum atomic E-state index is 6.09. The van der Waals surface area contributed by atoms with E-state index in [2.05, 4.69) is 59.4 Å². The first-order valence-corrected chi connectivity index (χ1v) is 9.11. The Morgan fingerprint density at radius 1 is 1.39 bits per heavy atom. The fraction of sp³-hybridized carbons (Fsp3) is 0.500. The Hall–Kier alpha value is -1.43. The van der Waals surface area contributed by atoms with Crippen molar-refractivity contribution in [1.82, 2.24) is 9.88 Å². The molecule has 2 aromatic rings. The summed E-state index contributed by atoms with van der Waals surface area (Å²) in [6.07, 6.45) is 2.20. The third-order valence-corrected chi connectivity index (χ3v) is 5.57. The van der Waals surface area contributed by atoms with Crippen molar-refractivity contribution >= 4 is 17.0 Å². The molecule has 0 spiro atoms. The molecule has 2 N–H and O–H groups in total. The summed E-state index contributed by atoms with van der Waals surface area (Å²) >= 11 is 1.77. The van der Waals surface area contributed by atoms with Gasteiger partial charge in [-0.1, -0.05) is 6.07 Å². The molecule has 0 radical (unpaired) electrons. The predicted octanol–water partition coefficient (Wildman–Crippen LogP) is 2.97. The van der Waals surface area contributed by atoms with Gasteiger partial charge < -0.3 is 10.6 Å². The molecule has 0 fully saturated rings. The number of aryl methyl sites for hydroxylation is 2. The standard InChI is InChI=1S/C18H26N4S/c1-13-12-23-18(20-13)5-4-8-22-11-14-6-7-15(21(2)3)9-16(14)17(22)10-19/h6-7,9,12,17H,4-5,8,10-11,19H2,1-3H3. The Labute approximate surface area is 142 Å². The quantitative estimate of drug-likeness (QED) is 0.884. The van der Waals surface area contributed by atoms with E-state index in [4.69, 9.17) is 5.73 Å². The summed E-state index contributed by atoms with van der Waals surface area (Å²) in [5.74, 6) is 0. The summed E-state index contributed by atoms with van der Waals surface area (Å²) < 4.78 is 0. The molecule has 2 heterocycles. The molecule has 3 rings (SSSR count). The Balaban J connectivity index is 1.64. The first-order chi connectivity index (χ1) is 11.1. The maximum Gasteiger partial charge on any atom is 0.0928 e. The molecule has 0 saturated heterocycles. The van der Waals surface area contributed by atoms with Crippen LogP contribution in [0.2, 0.25) is 0 Å². The molecule has 1 aromatic carbocycles. The van der Waals surface area contributed by atoms with Gasteiger partial charge >= 0.3 is 0 Å². The van der Waals surface area contributed by atoms with Crippen LogP contribution in [0, 0.1) is 6.92 Å². The normalized spacial score (nSPS) is 17.5. The van der Waals surface area contributed by atoms with E-state index < -0.39 is 0 Å². The largest absolute Gasteiger partial charge is 0.378 e. The lowest BCUT2D eigenvalue weighted by molar-refractivity contribution is 0.217. The zero-order chi connectivity index (χ0) is 16.4. The van der Waals surface area contributed by atoms with Gasteiger partial charge in [-0.15, -0.1) is 11.3 Å². The lowest BCUT2D eigenvalue weighted by atomic mass is 10.0. The molecule has 1 aliphatic rings. The van der Waals surface area contributed by atoms with Gasteiger partial charge in [0.15, 0.2) is 0 Å². The molecule has 1 atom stereocenters. The Kier molecular flexibility index (Phi) is 4.99. The summed E-state index contributed by atoms with van der Waals surface area (Å²) in [6.45, 7) is 4.83. The molecule has 1 aliphatic heterocycles. The number of fused-ring (bicyclic) bond motifs is 1. The van der Waals surface area contributed by atoms with Gasteiger partial charge in [-0.3, -0.25) is 4.90 Å². The highest BCUT2D eigenvalue weighted by Crippen LogP contribution is 2.35. The first kappa shape index (κ1) is 16.4. The lowest BCUT2D eigenvalue weighted by Gasteiger charge is -2.24. The van der Waals surface area contributed by atoms with Crippen LogP contribution >= 0.6 is 11.3 Å². The SMILES string of the molecule is Cc1csc(CCCN2Cc3ccc(N(C)C)cc3C2CN)n1. The Morgan fingerprint density at radius 3 is 2.87 bits per heavy atom. The van der Waals surface area contributed by atoms with Gasteiger partial charge in [-0.05, 0) is 43.1 Å². The molecule has 0 bridgehead atoms. The average Bonchev–Trinajstić information content (AvgIpc) is 3.09. The fourth-order valence-electron chi connectivity index (χ4n) is 3.30. The summed E-state index contributed by atoms with van der Waals surface area (Å²) in [5.41, 5.74) is 11.3. The van der Waals surface area contributed by atoms with E-state index in [9.17, 15) is 0 Å². The van der Waals surface area contributed by atoms with Gasteiger partial charge in [-0.25, -0.2) is 4.98 Å². The first-order valence-electron chi connectivity index (χ1n) is 8.23. The van der Waals surface area contributed by atoms with Crippen LogP contribution in [0.15, 0.2) is 23.6 Å². The van der Waals surface area contributed by atoms with Gasteiger partial charge in [0.25, 0.3) is 0 Å². The van der Waals surface area contributed by atoms with E-state index >= 15 is 0 Å². The average molecular weight is 331 g/mol. The summed E-state index contributed by atoms with van der Waals surface area (Å²) in [4.78, 5) is 9.23. The van der Waals surface area contributed by atoms with Crippen molar-refractivity contribution in [2.45, 2.75) is 32.4 Å². The number of thiazole rings is 1. The number of nitrogens with two attached hydrogens (primary N) is 1. The van der Waals surface area contributed by atoms with Crippen molar-refractivity contribution in [3.05, 3.63) is 45.4 Å². The second kappa shape index (κ2) is 6.99. The lowest BCUT2D eigenvalue weighted by Crippen LogP contribution is -2.29. The number of benzene rings is 1. The maximum absolute atomic E-state index is 6.09. The van der Waals surface area contributed by atoms with Crippen LogP contribution in [-0.2, 0) is 13.0 Å². The van der Waals surface area contributed by atoms with Crippen molar-refractivity contribution in [1.29, 1.82) is 0 Å². The Morgan fingerprint density at radius 2 is 2.22 bits per heavy atom. The van der Waals surface area contributed by atoms with Gasteiger partial charge in [0.1, 0.15) is 0 Å². The number of anilines is 1. The molecule has 124 valence electrons. The Bertz CT molecular complexity index is 665. The van der Waals surface area contributed by atoms with E-state index in [0.717, 1.165) is 31.6 Å². The highest BCUT2D eigenvalue weighted by Gasteiger charge is 2.29. The van der Waals surface area contributed by atoms with E-state index in [1.54, 1.807) is 11.3 Å². The third-order valence-electron chi connectivity index (χ3n) is 4.54. The summed E-state index contributed by atoms with van der Waals surface area (Å²) in [5, 5.41) is 3.38. The number of hydrogen-bond acceptors (Lipinski definition) is 5. The smallest absolute Gasteiger partial charge is 0.0928 e. The summed E-state index contributed by atoms with van der Waals surface area (Å²) in [7, 11) is 4.17.